The Bertz CT molecular complexity index is 500. The summed E-state index contributed by atoms with van der Waals surface area (Å²) in [5.74, 6) is 3.54. The van der Waals surface area contributed by atoms with E-state index in [0.29, 0.717) is 17.5 Å². The molecule has 0 aliphatic carbocycles. The van der Waals surface area contributed by atoms with Crippen molar-refractivity contribution in [1.82, 2.24) is 9.78 Å². The van der Waals surface area contributed by atoms with Crippen molar-refractivity contribution < 1.29 is 0 Å². The molecule has 1 N–H and O–H groups in total. The van der Waals surface area contributed by atoms with Crippen LogP contribution in [0.3, 0.4) is 0 Å². The van der Waals surface area contributed by atoms with E-state index in [1.807, 2.05) is 23.5 Å². The van der Waals surface area contributed by atoms with Gasteiger partial charge in [0.1, 0.15) is 5.02 Å². The van der Waals surface area contributed by atoms with E-state index in [1.54, 1.807) is 12.3 Å². The van der Waals surface area contributed by atoms with Crippen LogP contribution in [0.2, 0.25) is 5.02 Å². The number of thioether (sulfide) groups is 2. The van der Waals surface area contributed by atoms with Crippen LogP contribution in [0.1, 0.15) is 0 Å². The van der Waals surface area contributed by atoms with E-state index in [9.17, 15) is 4.79 Å². The third-order valence-electron chi connectivity index (χ3n) is 2.69. The maximum atomic E-state index is 11.9. The second kappa shape index (κ2) is 7.26. The van der Waals surface area contributed by atoms with E-state index >= 15 is 0 Å². The molecule has 1 aromatic heterocycles. The maximum Gasteiger partial charge on any atom is 0.287 e. The lowest BCUT2D eigenvalue weighted by molar-refractivity contribution is 0.653. The van der Waals surface area contributed by atoms with Gasteiger partial charge < -0.3 is 5.32 Å². The standard InChI is InChI=1S/C12H16ClN3OS2/c1-2-3-16-12(17)11(13)10(7-15-16)14-6-9-8-18-4-5-19-9/h2,7,9,14H,1,3-6,8H2. The number of nitrogens with zero attached hydrogens (tertiary/aromatic N) is 2. The molecule has 104 valence electrons. The van der Waals surface area contributed by atoms with Crippen LogP contribution >= 0.6 is 35.1 Å². The molecule has 1 aliphatic heterocycles. The minimum atomic E-state index is -0.280. The maximum absolute atomic E-state index is 11.9. The summed E-state index contributed by atoms with van der Waals surface area (Å²) in [7, 11) is 0. The molecule has 2 heterocycles. The smallest absolute Gasteiger partial charge is 0.287 e. The minimum Gasteiger partial charge on any atom is -0.381 e. The Balaban J connectivity index is 2.02. The first-order chi connectivity index (χ1) is 9.22. The molecule has 0 aromatic carbocycles. The van der Waals surface area contributed by atoms with Crippen molar-refractivity contribution in [2.24, 2.45) is 0 Å². The van der Waals surface area contributed by atoms with E-state index in [1.165, 1.54) is 16.2 Å². The van der Waals surface area contributed by atoms with Gasteiger partial charge in [-0.2, -0.15) is 28.6 Å². The fraction of sp³-hybridized carbons (Fsp3) is 0.500. The van der Waals surface area contributed by atoms with Crippen LogP contribution in [0.25, 0.3) is 0 Å². The van der Waals surface area contributed by atoms with E-state index in [-0.39, 0.29) is 10.6 Å². The molecule has 0 bridgehead atoms. The average Bonchev–Trinajstić information content (AvgIpc) is 2.44. The number of hydrogen-bond acceptors (Lipinski definition) is 5. The fourth-order valence-electron chi connectivity index (χ4n) is 1.72. The lowest BCUT2D eigenvalue weighted by atomic mass is 10.4. The Morgan fingerprint density at radius 1 is 1.63 bits per heavy atom. The highest BCUT2D eigenvalue weighted by molar-refractivity contribution is 8.06. The summed E-state index contributed by atoms with van der Waals surface area (Å²) in [5, 5.41) is 8.05. The van der Waals surface area contributed by atoms with Crippen molar-refractivity contribution in [2.45, 2.75) is 11.8 Å². The molecule has 0 amide bonds. The van der Waals surface area contributed by atoms with E-state index in [2.05, 4.69) is 17.0 Å². The first-order valence-electron chi connectivity index (χ1n) is 6.02. The van der Waals surface area contributed by atoms with Crippen LogP contribution < -0.4 is 10.9 Å². The first kappa shape index (κ1) is 14.8. The summed E-state index contributed by atoms with van der Waals surface area (Å²) in [6.45, 7) is 4.76. The molecule has 1 unspecified atom stereocenters. The van der Waals surface area contributed by atoms with E-state index in [4.69, 9.17) is 11.6 Å². The molecule has 1 aliphatic rings. The predicted octanol–water partition coefficient (Wildman–Crippen LogP) is 2.34. The van der Waals surface area contributed by atoms with Crippen molar-refractivity contribution in [3.63, 3.8) is 0 Å². The Morgan fingerprint density at radius 3 is 3.16 bits per heavy atom. The quantitative estimate of drug-likeness (QED) is 0.845. The van der Waals surface area contributed by atoms with Crippen LogP contribution in [0.4, 0.5) is 5.69 Å². The summed E-state index contributed by atoms with van der Waals surface area (Å²) in [5.41, 5.74) is 0.334. The number of halogens is 1. The van der Waals surface area contributed by atoms with Gasteiger partial charge in [-0.3, -0.25) is 4.79 Å². The van der Waals surface area contributed by atoms with Gasteiger partial charge in [0.15, 0.2) is 0 Å². The Kier molecular flexibility index (Phi) is 5.66. The average molecular weight is 318 g/mol. The molecule has 0 radical (unpaired) electrons. The topological polar surface area (TPSA) is 46.9 Å². The normalized spacial score (nSPS) is 19.1. The zero-order valence-electron chi connectivity index (χ0n) is 10.5. The summed E-state index contributed by atoms with van der Waals surface area (Å²) >= 11 is 10.00. The lowest BCUT2D eigenvalue weighted by Gasteiger charge is -2.21. The van der Waals surface area contributed by atoms with Gasteiger partial charge in [0.05, 0.1) is 18.4 Å². The van der Waals surface area contributed by atoms with Gasteiger partial charge in [-0.1, -0.05) is 17.7 Å². The highest BCUT2D eigenvalue weighted by Gasteiger charge is 2.15. The van der Waals surface area contributed by atoms with Gasteiger partial charge in [0.25, 0.3) is 5.56 Å². The second-order valence-corrected chi connectivity index (χ2v) is 7.03. The lowest BCUT2D eigenvalue weighted by Crippen LogP contribution is -2.26. The Morgan fingerprint density at radius 2 is 2.47 bits per heavy atom. The van der Waals surface area contributed by atoms with E-state index < -0.39 is 0 Å². The molecule has 1 saturated heterocycles. The van der Waals surface area contributed by atoms with Crippen molar-refractivity contribution in [1.29, 1.82) is 0 Å². The van der Waals surface area contributed by atoms with Gasteiger partial charge in [-0.15, -0.1) is 6.58 Å². The van der Waals surface area contributed by atoms with Crippen molar-refractivity contribution >= 4 is 40.8 Å². The van der Waals surface area contributed by atoms with Gasteiger partial charge >= 0.3 is 0 Å². The summed E-state index contributed by atoms with van der Waals surface area (Å²) < 4.78 is 1.30. The number of nitrogens with one attached hydrogen (secondary N) is 1. The summed E-state index contributed by atoms with van der Waals surface area (Å²) in [6.07, 6.45) is 3.22. The highest BCUT2D eigenvalue weighted by atomic mass is 35.5. The molecule has 0 saturated carbocycles. The summed E-state index contributed by atoms with van der Waals surface area (Å²) in [6, 6.07) is 0. The number of anilines is 1. The highest BCUT2D eigenvalue weighted by Crippen LogP contribution is 2.25. The molecule has 7 heteroatoms. The van der Waals surface area contributed by atoms with Crippen LogP contribution in [0, 0.1) is 0 Å². The van der Waals surface area contributed by atoms with Gasteiger partial charge in [0, 0.05) is 29.1 Å². The predicted molar refractivity (Wildman–Crippen MR) is 85.8 cm³/mol. The molecule has 0 spiro atoms. The monoisotopic (exact) mass is 317 g/mol. The number of hydrogen-bond donors (Lipinski definition) is 1. The molecular formula is C12H16ClN3OS2. The third-order valence-corrected chi connectivity index (χ3v) is 5.90. The Labute approximate surface area is 126 Å². The van der Waals surface area contributed by atoms with E-state index in [0.717, 1.165) is 12.3 Å². The largest absolute Gasteiger partial charge is 0.381 e. The molecule has 1 aromatic rings. The fourth-order valence-corrected chi connectivity index (χ4v) is 4.54. The van der Waals surface area contributed by atoms with Gasteiger partial charge in [-0.25, -0.2) is 4.68 Å². The van der Waals surface area contributed by atoms with Crippen molar-refractivity contribution in [3.05, 3.63) is 34.2 Å². The van der Waals surface area contributed by atoms with Crippen LogP contribution in [-0.4, -0.2) is 38.8 Å². The Hall–Kier alpha value is -0.590. The van der Waals surface area contributed by atoms with Crippen LogP contribution in [-0.2, 0) is 6.54 Å². The molecule has 1 atom stereocenters. The zero-order chi connectivity index (χ0) is 13.7. The van der Waals surface area contributed by atoms with Crippen molar-refractivity contribution in [3.8, 4) is 0 Å². The van der Waals surface area contributed by atoms with Crippen LogP contribution in [0.5, 0.6) is 0 Å². The summed E-state index contributed by atoms with van der Waals surface area (Å²) in [4.78, 5) is 11.9. The number of rotatable bonds is 5. The number of aromatic nitrogens is 2. The van der Waals surface area contributed by atoms with Crippen LogP contribution in [0.15, 0.2) is 23.6 Å². The second-order valence-electron chi connectivity index (χ2n) is 4.10. The molecule has 19 heavy (non-hydrogen) atoms. The molecule has 4 nitrogen and oxygen atoms in total. The third kappa shape index (κ3) is 3.94. The minimum absolute atomic E-state index is 0.199. The molecule has 1 fully saturated rings. The van der Waals surface area contributed by atoms with Gasteiger partial charge in [0.2, 0.25) is 0 Å². The number of allylic oxidation sites excluding steroid dienone is 1. The SMILES string of the molecule is C=CCn1ncc(NCC2CSCCS2)c(Cl)c1=O. The first-order valence-corrected chi connectivity index (χ1v) is 8.60. The van der Waals surface area contributed by atoms with Crippen molar-refractivity contribution in [2.75, 3.05) is 29.1 Å². The van der Waals surface area contributed by atoms with Gasteiger partial charge in [-0.05, 0) is 0 Å². The zero-order valence-corrected chi connectivity index (χ0v) is 12.9. The molecular weight excluding hydrogens is 302 g/mol. The molecule has 2 rings (SSSR count).